The Morgan fingerprint density at radius 1 is 1.53 bits per heavy atom. The van der Waals surface area contributed by atoms with Crippen LogP contribution in [0, 0.1) is 5.41 Å². The molecule has 2 fully saturated rings. The number of carbonyl (C=O) groups is 1. The van der Waals surface area contributed by atoms with E-state index < -0.39 is 0 Å². The Kier molecular flexibility index (Phi) is 2.98. The molecule has 0 bridgehead atoms. The molecule has 1 spiro atoms. The Balaban J connectivity index is 1.96. The minimum Gasteiger partial charge on any atom is -0.368 e. The molecule has 15 heavy (non-hydrogen) atoms. The fourth-order valence-electron chi connectivity index (χ4n) is 2.56. The second kappa shape index (κ2) is 4.10. The molecule has 2 atom stereocenters. The average Bonchev–Trinajstić information content (AvgIpc) is 2.62. The molecule has 0 aromatic heterocycles. The standard InChI is InChI=1S/C11H20N2O2/c1-13(2)10(14)9-6-11(8-15-9)4-3-5-12-7-11/h9,12H,3-8H2,1-2H3. The minimum absolute atomic E-state index is 0.109. The molecular weight excluding hydrogens is 192 g/mol. The van der Waals surface area contributed by atoms with Gasteiger partial charge in [0.05, 0.1) is 6.61 Å². The van der Waals surface area contributed by atoms with Gasteiger partial charge in [0.25, 0.3) is 5.91 Å². The number of likely N-dealkylation sites (N-methyl/N-ethyl adjacent to an activating group) is 1. The monoisotopic (exact) mass is 212 g/mol. The third kappa shape index (κ3) is 2.16. The number of amides is 1. The normalized spacial score (nSPS) is 35.7. The summed E-state index contributed by atoms with van der Waals surface area (Å²) in [6.07, 6.45) is 3.07. The van der Waals surface area contributed by atoms with Gasteiger partial charge in [-0.1, -0.05) is 0 Å². The smallest absolute Gasteiger partial charge is 0.251 e. The topological polar surface area (TPSA) is 41.6 Å². The number of nitrogens with one attached hydrogen (secondary N) is 1. The van der Waals surface area contributed by atoms with Crippen LogP contribution in [0.3, 0.4) is 0 Å². The zero-order chi connectivity index (χ0) is 10.9. The van der Waals surface area contributed by atoms with Gasteiger partial charge in [0.1, 0.15) is 6.10 Å². The quantitative estimate of drug-likeness (QED) is 0.676. The third-order valence-corrected chi connectivity index (χ3v) is 3.49. The van der Waals surface area contributed by atoms with Crippen molar-refractivity contribution in [3.8, 4) is 0 Å². The second-order valence-electron chi connectivity index (χ2n) is 5.02. The first kappa shape index (κ1) is 10.9. The molecule has 4 nitrogen and oxygen atoms in total. The van der Waals surface area contributed by atoms with Crippen molar-refractivity contribution in [1.82, 2.24) is 10.2 Å². The fraction of sp³-hybridized carbons (Fsp3) is 0.909. The van der Waals surface area contributed by atoms with Crippen molar-refractivity contribution in [1.29, 1.82) is 0 Å². The molecule has 0 saturated carbocycles. The summed E-state index contributed by atoms with van der Waals surface area (Å²) in [7, 11) is 3.58. The lowest BCUT2D eigenvalue weighted by Crippen LogP contribution is -2.41. The summed E-state index contributed by atoms with van der Waals surface area (Å²) in [4.78, 5) is 13.4. The fourth-order valence-corrected chi connectivity index (χ4v) is 2.56. The predicted molar refractivity (Wildman–Crippen MR) is 57.6 cm³/mol. The van der Waals surface area contributed by atoms with Crippen LogP contribution in [0.4, 0.5) is 0 Å². The molecule has 2 aliphatic rings. The van der Waals surface area contributed by atoms with Crippen LogP contribution in [0.15, 0.2) is 0 Å². The highest BCUT2D eigenvalue weighted by Crippen LogP contribution is 2.38. The van der Waals surface area contributed by atoms with Crippen LogP contribution in [0.2, 0.25) is 0 Å². The number of rotatable bonds is 1. The van der Waals surface area contributed by atoms with Crippen LogP contribution >= 0.6 is 0 Å². The van der Waals surface area contributed by atoms with Gasteiger partial charge in [-0.25, -0.2) is 0 Å². The van der Waals surface area contributed by atoms with E-state index in [4.69, 9.17) is 4.74 Å². The first-order valence-corrected chi connectivity index (χ1v) is 5.66. The lowest BCUT2D eigenvalue weighted by Gasteiger charge is -2.32. The molecule has 0 aliphatic carbocycles. The lowest BCUT2D eigenvalue weighted by atomic mass is 9.79. The van der Waals surface area contributed by atoms with Gasteiger partial charge in [-0.2, -0.15) is 0 Å². The van der Waals surface area contributed by atoms with Crippen LogP contribution in [0.25, 0.3) is 0 Å². The van der Waals surface area contributed by atoms with E-state index in [2.05, 4.69) is 5.32 Å². The Bertz CT molecular complexity index is 247. The van der Waals surface area contributed by atoms with Gasteiger partial charge in [0.2, 0.25) is 0 Å². The molecule has 2 saturated heterocycles. The molecule has 0 aromatic rings. The van der Waals surface area contributed by atoms with Gasteiger partial charge in [0.15, 0.2) is 0 Å². The van der Waals surface area contributed by atoms with E-state index >= 15 is 0 Å². The number of piperidine rings is 1. The van der Waals surface area contributed by atoms with E-state index in [0.29, 0.717) is 0 Å². The van der Waals surface area contributed by atoms with E-state index in [9.17, 15) is 4.79 Å². The molecule has 2 rings (SSSR count). The molecule has 2 heterocycles. The molecule has 1 amide bonds. The molecule has 4 heteroatoms. The Hall–Kier alpha value is -0.610. The summed E-state index contributed by atoms with van der Waals surface area (Å²) in [6, 6.07) is 0. The molecule has 0 aromatic carbocycles. The van der Waals surface area contributed by atoms with Crippen molar-refractivity contribution in [2.24, 2.45) is 5.41 Å². The summed E-state index contributed by atoms with van der Waals surface area (Å²) in [5.74, 6) is 0.109. The first-order valence-electron chi connectivity index (χ1n) is 5.66. The summed E-state index contributed by atoms with van der Waals surface area (Å²) in [6.45, 7) is 2.85. The van der Waals surface area contributed by atoms with E-state index in [-0.39, 0.29) is 17.4 Å². The number of ether oxygens (including phenoxy) is 1. The molecule has 1 N–H and O–H groups in total. The largest absolute Gasteiger partial charge is 0.368 e. The predicted octanol–water partition coefficient (Wildman–Crippen LogP) is 0.233. The zero-order valence-corrected chi connectivity index (χ0v) is 9.58. The van der Waals surface area contributed by atoms with Gasteiger partial charge in [-0.05, 0) is 25.8 Å². The summed E-state index contributed by atoms with van der Waals surface area (Å²) < 4.78 is 5.64. The number of carbonyl (C=O) groups excluding carboxylic acids is 1. The van der Waals surface area contributed by atoms with Gasteiger partial charge in [0, 0.05) is 26.1 Å². The van der Waals surface area contributed by atoms with Crippen molar-refractivity contribution >= 4 is 5.91 Å². The van der Waals surface area contributed by atoms with E-state index in [1.54, 1.807) is 19.0 Å². The van der Waals surface area contributed by atoms with E-state index in [1.165, 1.54) is 12.8 Å². The van der Waals surface area contributed by atoms with Crippen molar-refractivity contribution in [3.63, 3.8) is 0 Å². The summed E-state index contributed by atoms with van der Waals surface area (Å²) >= 11 is 0. The first-order chi connectivity index (χ1) is 7.13. The van der Waals surface area contributed by atoms with Crippen molar-refractivity contribution in [2.45, 2.75) is 25.4 Å². The highest BCUT2D eigenvalue weighted by atomic mass is 16.5. The molecular formula is C11H20N2O2. The Labute approximate surface area is 91.0 Å². The van der Waals surface area contributed by atoms with Crippen molar-refractivity contribution < 1.29 is 9.53 Å². The van der Waals surface area contributed by atoms with Crippen LogP contribution in [-0.2, 0) is 9.53 Å². The number of hydrogen-bond acceptors (Lipinski definition) is 3. The molecule has 0 radical (unpaired) electrons. The van der Waals surface area contributed by atoms with Gasteiger partial charge < -0.3 is 15.0 Å². The Morgan fingerprint density at radius 2 is 2.33 bits per heavy atom. The van der Waals surface area contributed by atoms with Crippen LogP contribution in [-0.4, -0.2) is 50.7 Å². The number of hydrogen-bond donors (Lipinski definition) is 1. The van der Waals surface area contributed by atoms with Gasteiger partial charge in [-0.3, -0.25) is 4.79 Å². The van der Waals surface area contributed by atoms with Crippen LogP contribution < -0.4 is 5.32 Å². The van der Waals surface area contributed by atoms with Crippen LogP contribution in [0.5, 0.6) is 0 Å². The lowest BCUT2D eigenvalue weighted by molar-refractivity contribution is -0.138. The second-order valence-corrected chi connectivity index (χ2v) is 5.02. The summed E-state index contributed by atoms with van der Waals surface area (Å²) in [5, 5.41) is 3.40. The molecule has 2 unspecified atom stereocenters. The maximum atomic E-state index is 11.8. The maximum absolute atomic E-state index is 11.8. The van der Waals surface area contributed by atoms with Crippen molar-refractivity contribution in [2.75, 3.05) is 33.8 Å². The van der Waals surface area contributed by atoms with Gasteiger partial charge in [-0.15, -0.1) is 0 Å². The zero-order valence-electron chi connectivity index (χ0n) is 9.58. The Morgan fingerprint density at radius 3 is 2.93 bits per heavy atom. The molecule has 2 aliphatic heterocycles. The van der Waals surface area contributed by atoms with E-state index in [1.807, 2.05) is 0 Å². The number of nitrogens with zero attached hydrogens (tertiary/aromatic N) is 1. The summed E-state index contributed by atoms with van der Waals surface area (Å²) in [5.41, 5.74) is 0.231. The third-order valence-electron chi connectivity index (χ3n) is 3.49. The minimum atomic E-state index is -0.208. The highest BCUT2D eigenvalue weighted by Gasteiger charge is 2.43. The maximum Gasteiger partial charge on any atom is 0.251 e. The molecule has 86 valence electrons. The van der Waals surface area contributed by atoms with Crippen LogP contribution in [0.1, 0.15) is 19.3 Å². The van der Waals surface area contributed by atoms with E-state index in [0.717, 1.165) is 26.1 Å². The SMILES string of the molecule is CN(C)C(=O)C1CC2(CCCNC2)CO1. The van der Waals surface area contributed by atoms with Crippen molar-refractivity contribution in [3.05, 3.63) is 0 Å². The highest BCUT2D eigenvalue weighted by molar-refractivity contribution is 5.80. The van der Waals surface area contributed by atoms with Gasteiger partial charge >= 0.3 is 0 Å². The average molecular weight is 212 g/mol.